The average Bonchev–Trinajstić information content (AvgIpc) is 2.39. The number of rotatable bonds is 5. The van der Waals surface area contributed by atoms with Gasteiger partial charge in [0, 0.05) is 5.56 Å². The molecule has 0 aliphatic heterocycles. The van der Waals surface area contributed by atoms with E-state index in [-0.39, 0.29) is 11.4 Å². The fourth-order valence-electron chi connectivity index (χ4n) is 1.56. The van der Waals surface area contributed by atoms with Gasteiger partial charge in [0.2, 0.25) is 5.91 Å². The summed E-state index contributed by atoms with van der Waals surface area (Å²) in [5, 5.41) is 13.7. The number of benzene rings is 1. The van der Waals surface area contributed by atoms with Gasteiger partial charge >= 0.3 is 0 Å². The van der Waals surface area contributed by atoms with Crippen LogP contribution in [0, 0.1) is 11.6 Å². The molecule has 0 aliphatic carbocycles. The van der Waals surface area contributed by atoms with Crippen molar-refractivity contribution < 1.29 is 18.8 Å². The largest absolute Gasteiger partial charge is 0.409 e. The minimum atomic E-state index is -0.785. The van der Waals surface area contributed by atoms with Gasteiger partial charge in [-0.05, 0) is 18.6 Å². The summed E-state index contributed by atoms with van der Waals surface area (Å²) in [6.07, 6.45) is -0.0604. The number of amides is 1. The van der Waals surface area contributed by atoms with Crippen molar-refractivity contribution in [2.24, 2.45) is 10.9 Å². The highest BCUT2D eigenvalue weighted by atomic mass is 19.1. The monoisotopic (exact) mass is 271 g/mol. The van der Waals surface area contributed by atoms with E-state index in [9.17, 15) is 13.6 Å². The fourth-order valence-corrected chi connectivity index (χ4v) is 1.56. The number of hydrogen-bond donors (Lipinski definition) is 3. The number of oxime groups is 1. The van der Waals surface area contributed by atoms with Gasteiger partial charge in [0.1, 0.15) is 11.6 Å². The number of carbonyl (C=O) groups is 1. The van der Waals surface area contributed by atoms with Crippen molar-refractivity contribution in [3.8, 4) is 0 Å². The molecule has 0 saturated carbocycles. The molecule has 1 atom stereocenters. The molecule has 1 aromatic carbocycles. The maximum absolute atomic E-state index is 13.3. The molecule has 1 aromatic rings. The summed E-state index contributed by atoms with van der Waals surface area (Å²) in [6, 6.07) is 2.70. The van der Waals surface area contributed by atoms with Crippen molar-refractivity contribution in [2.45, 2.75) is 25.8 Å². The van der Waals surface area contributed by atoms with Gasteiger partial charge in [-0.15, -0.1) is 0 Å². The molecule has 0 aromatic heterocycles. The summed E-state index contributed by atoms with van der Waals surface area (Å²) < 4.78 is 26.7. The predicted molar refractivity (Wildman–Crippen MR) is 65.7 cm³/mol. The molecule has 1 unspecified atom stereocenters. The molecule has 7 heteroatoms. The number of carbonyl (C=O) groups excluding carboxylic acids is 1. The van der Waals surface area contributed by atoms with Crippen molar-refractivity contribution in [1.82, 2.24) is 5.32 Å². The Hall–Kier alpha value is -2.18. The normalized spacial score (nSPS) is 13.1. The minimum Gasteiger partial charge on any atom is -0.409 e. The van der Waals surface area contributed by atoms with E-state index in [0.29, 0.717) is 6.42 Å². The van der Waals surface area contributed by atoms with Crippen LogP contribution < -0.4 is 11.1 Å². The van der Waals surface area contributed by atoms with Gasteiger partial charge in [0.05, 0.1) is 12.5 Å². The van der Waals surface area contributed by atoms with E-state index in [1.807, 2.05) is 0 Å². The first-order valence-corrected chi connectivity index (χ1v) is 5.69. The van der Waals surface area contributed by atoms with Gasteiger partial charge in [-0.2, -0.15) is 0 Å². The van der Waals surface area contributed by atoms with Crippen molar-refractivity contribution in [2.75, 3.05) is 0 Å². The second-order valence-corrected chi connectivity index (χ2v) is 3.93. The highest BCUT2D eigenvalue weighted by molar-refractivity contribution is 5.90. The lowest BCUT2D eigenvalue weighted by Gasteiger charge is -2.15. The molecular weight excluding hydrogens is 256 g/mol. The van der Waals surface area contributed by atoms with Crippen LogP contribution in [-0.2, 0) is 11.2 Å². The molecule has 0 fully saturated rings. The summed E-state index contributed by atoms with van der Waals surface area (Å²) in [5.41, 5.74) is 5.06. The SMILES string of the molecule is CCC(NC(=O)Cc1c(F)cccc1F)C(N)=NO. The van der Waals surface area contributed by atoms with Crippen LogP contribution >= 0.6 is 0 Å². The topological polar surface area (TPSA) is 87.7 Å². The van der Waals surface area contributed by atoms with E-state index >= 15 is 0 Å². The van der Waals surface area contributed by atoms with E-state index in [1.165, 1.54) is 6.07 Å². The minimum absolute atomic E-state index is 0.162. The molecule has 5 nitrogen and oxygen atoms in total. The summed E-state index contributed by atoms with van der Waals surface area (Å²) in [5.74, 6) is -2.34. The van der Waals surface area contributed by atoms with Crippen molar-refractivity contribution in [3.05, 3.63) is 35.4 Å². The quantitative estimate of drug-likeness (QED) is 0.325. The fraction of sp³-hybridized carbons (Fsp3) is 0.333. The van der Waals surface area contributed by atoms with E-state index in [0.717, 1.165) is 12.1 Å². The second kappa shape index (κ2) is 6.67. The van der Waals surface area contributed by atoms with E-state index in [2.05, 4.69) is 10.5 Å². The first kappa shape index (κ1) is 14.9. The number of amidine groups is 1. The number of nitrogens with two attached hydrogens (primary N) is 1. The molecular formula is C12H15F2N3O2. The molecule has 0 aliphatic rings. The Labute approximate surface area is 109 Å². The molecule has 0 spiro atoms. The van der Waals surface area contributed by atoms with Crippen LogP contribution in [0.3, 0.4) is 0 Å². The van der Waals surface area contributed by atoms with Gasteiger partial charge in [0.15, 0.2) is 5.84 Å². The first-order valence-electron chi connectivity index (χ1n) is 5.69. The number of halogens is 2. The summed E-state index contributed by atoms with van der Waals surface area (Å²) in [4.78, 5) is 11.7. The molecule has 4 N–H and O–H groups in total. The smallest absolute Gasteiger partial charge is 0.225 e. The van der Waals surface area contributed by atoms with Crippen LogP contribution in [0.15, 0.2) is 23.4 Å². The molecule has 0 radical (unpaired) electrons. The lowest BCUT2D eigenvalue weighted by molar-refractivity contribution is -0.120. The maximum Gasteiger partial charge on any atom is 0.225 e. The van der Waals surface area contributed by atoms with E-state index in [4.69, 9.17) is 10.9 Å². The van der Waals surface area contributed by atoms with Crippen LogP contribution in [0.1, 0.15) is 18.9 Å². The Balaban J connectivity index is 2.75. The zero-order chi connectivity index (χ0) is 14.4. The lowest BCUT2D eigenvalue weighted by atomic mass is 10.1. The van der Waals surface area contributed by atoms with Gasteiger partial charge in [-0.25, -0.2) is 8.78 Å². The molecule has 0 saturated heterocycles. The first-order chi connectivity index (χ1) is 8.99. The summed E-state index contributed by atoms with van der Waals surface area (Å²) in [7, 11) is 0. The standard InChI is InChI=1S/C12H15F2N3O2/c1-2-10(12(15)17-19)16-11(18)6-7-8(13)4-3-5-9(7)14/h3-5,10,19H,2,6H2,1H3,(H2,15,17)(H,16,18). The van der Waals surface area contributed by atoms with Crippen LogP contribution in [0.25, 0.3) is 0 Å². The van der Waals surface area contributed by atoms with Gasteiger partial charge in [0.25, 0.3) is 0 Å². The summed E-state index contributed by atoms with van der Waals surface area (Å²) in [6.45, 7) is 1.71. The zero-order valence-electron chi connectivity index (χ0n) is 10.4. The Morgan fingerprint density at radius 3 is 2.53 bits per heavy atom. The number of hydrogen-bond acceptors (Lipinski definition) is 3. The predicted octanol–water partition coefficient (Wildman–Crippen LogP) is 1.15. The highest BCUT2D eigenvalue weighted by Crippen LogP contribution is 2.12. The maximum atomic E-state index is 13.3. The second-order valence-electron chi connectivity index (χ2n) is 3.93. The molecule has 1 rings (SSSR count). The molecule has 19 heavy (non-hydrogen) atoms. The van der Waals surface area contributed by atoms with E-state index < -0.39 is 30.0 Å². The number of nitrogens with one attached hydrogen (secondary N) is 1. The molecule has 0 bridgehead atoms. The van der Waals surface area contributed by atoms with Crippen molar-refractivity contribution in [3.63, 3.8) is 0 Å². The highest BCUT2D eigenvalue weighted by Gasteiger charge is 2.18. The molecule has 1 amide bonds. The van der Waals surface area contributed by atoms with Crippen LogP contribution in [0.4, 0.5) is 8.78 Å². The van der Waals surface area contributed by atoms with Crippen LogP contribution in [0.5, 0.6) is 0 Å². The Morgan fingerprint density at radius 1 is 1.47 bits per heavy atom. The Kier molecular flexibility index (Phi) is 5.23. The van der Waals surface area contributed by atoms with Crippen LogP contribution in [0.2, 0.25) is 0 Å². The van der Waals surface area contributed by atoms with E-state index in [1.54, 1.807) is 6.92 Å². The zero-order valence-corrected chi connectivity index (χ0v) is 10.4. The van der Waals surface area contributed by atoms with Gasteiger partial charge in [-0.1, -0.05) is 18.1 Å². The third-order valence-electron chi connectivity index (χ3n) is 2.61. The summed E-state index contributed by atoms with van der Waals surface area (Å²) >= 11 is 0. The number of nitrogens with zero attached hydrogens (tertiary/aromatic N) is 1. The van der Waals surface area contributed by atoms with Crippen LogP contribution in [-0.4, -0.2) is 23.0 Å². The lowest BCUT2D eigenvalue weighted by Crippen LogP contribution is -2.44. The third-order valence-corrected chi connectivity index (χ3v) is 2.61. The average molecular weight is 271 g/mol. The molecule has 104 valence electrons. The third kappa shape index (κ3) is 3.90. The Morgan fingerprint density at radius 2 is 2.05 bits per heavy atom. The van der Waals surface area contributed by atoms with Gasteiger partial charge in [-0.3, -0.25) is 4.79 Å². The van der Waals surface area contributed by atoms with Crippen molar-refractivity contribution in [1.29, 1.82) is 0 Å². The van der Waals surface area contributed by atoms with Crippen molar-refractivity contribution >= 4 is 11.7 Å². The Bertz CT molecular complexity index is 472. The van der Waals surface area contributed by atoms with Gasteiger partial charge < -0.3 is 16.3 Å². The molecule has 0 heterocycles.